The highest BCUT2D eigenvalue weighted by molar-refractivity contribution is 7.13. The summed E-state index contributed by atoms with van der Waals surface area (Å²) in [5.41, 5.74) is 7.64. The number of nitrogens with one attached hydrogen (secondary N) is 2. The number of aromatic nitrogens is 1. The lowest BCUT2D eigenvalue weighted by atomic mass is 10.1. The number of carbonyl (C=O) groups excluding carboxylic acids is 2. The fourth-order valence-corrected chi connectivity index (χ4v) is 3.47. The minimum absolute atomic E-state index is 0.361. The normalized spacial score (nSPS) is 11.7. The molecule has 2 N–H and O–H groups in total. The summed E-state index contributed by atoms with van der Waals surface area (Å²) in [6, 6.07) is 5.69. The van der Waals surface area contributed by atoms with Crippen LogP contribution in [0.25, 0.3) is 0 Å². The van der Waals surface area contributed by atoms with Gasteiger partial charge in [-0.25, -0.2) is 4.98 Å². The van der Waals surface area contributed by atoms with Gasteiger partial charge < -0.3 is 4.74 Å². The van der Waals surface area contributed by atoms with Gasteiger partial charge in [-0.1, -0.05) is 25.5 Å². The minimum Gasteiger partial charge on any atom is -0.481 e. The summed E-state index contributed by atoms with van der Waals surface area (Å²) >= 11 is 1.37. The second-order valence-electron chi connectivity index (χ2n) is 6.53. The van der Waals surface area contributed by atoms with Crippen LogP contribution >= 0.6 is 11.3 Å². The van der Waals surface area contributed by atoms with Crippen LogP contribution in [0.4, 0.5) is 0 Å². The predicted octanol–water partition coefficient (Wildman–Crippen LogP) is 3.64. The van der Waals surface area contributed by atoms with Crippen LogP contribution in [-0.4, -0.2) is 22.9 Å². The highest BCUT2D eigenvalue weighted by Gasteiger charge is 2.19. The van der Waals surface area contributed by atoms with Crippen molar-refractivity contribution in [2.45, 2.75) is 60.0 Å². The van der Waals surface area contributed by atoms with Crippen LogP contribution in [0.15, 0.2) is 18.2 Å². The molecule has 1 aromatic carbocycles. The van der Waals surface area contributed by atoms with E-state index in [9.17, 15) is 9.59 Å². The van der Waals surface area contributed by atoms with Gasteiger partial charge in [0.05, 0.1) is 10.7 Å². The van der Waals surface area contributed by atoms with Gasteiger partial charge in [-0.3, -0.25) is 20.4 Å². The van der Waals surface area contributed by atoms with Crippen molar-refractivity contribution >= 4 is 23.2 Å². The SMILES string of the molecule is CCCCc1nc(C)c(C(=O)NNC(=O)C(C)Oc2cccc(C)c2C)s1. The van der Waals surface area contributed by atoms with Crippen LogP contribution in [0.3, 0.4) is 0 Å². The van der Waals surface area contributed by atoms with E-state index in [4.69, 9.17) is 4.74 Å². The maximum atomic E-state index is 12.3. The Hall–Kier alpha value is -2.41. The molecule has 2 aromatic rings. The molecule has 2 amide bonds. The van der Waals surface area contributed by atoms with E-state index in [1.54, 1.807) is 13.8 Å². The Labute approximate surface area is 164 Å². The lowest BCUT2D eigenvalue weighted by Gasteiger charge is -2.17. The van der Waals surface area contributed by atoms with Gasteiger partial charge in [0.15, 0.2) is 6.10 Å². The molecule has 0 aliphatic carbocycles. The largest absolute Gasteiger partial charge is 0.481 e. The molecule has 0 saturated heterocycles. The highest BCUT2D eigenvalue weighted by atomic mass is 32.1. The van der Waals surface area contributed by atoms with Crippen LogP contribution in [-0.2, 0) is 11.2 Å². The van der Waals surface area contributed by atoms with E-state index in [2.05, 4.69) is 22.8 Å². The quantitative estimate of drug-likeness (QED) is 0.709. The number of hydrogen-bond acceptors (Lipinski definition) is 5. The van der Waals surface area contributed by atoms with Gasteiger partial charge in [-0.2, -0.15) is 0 Å². The molecular weight excluding hydrogens is 362 g/mol. The van der Waals surface area contributed by atoms with E-state index in [1.807, 2.05) is 32.0 Å². The van der Waals surface area contributed by atoms with Crippen molar-refractivity contribution in [3.05, 3.63) is 44.9 Å². The van der Waals surface area contributed by atoms with Gasteiger partial charge in [0.25, 0.3) is 11.8 Å². The predicted molar refractivity (Wildman–Crippen MR) is 107 cm³/mol. The molecule has 2 rings (SSSR count). The van der Waals surface area contributed by atoms with Gasteiger partial charge in [0, 0.05) is 0 Å². The van der Waals surface area contributed by atoms with E-state index < -0.39 is 12.0 Å². The van der Waals surface area contributed by atoms with Crippen molar-refractivity contribution < 1.29 is 14.3 Å². The molecule has 0 bridgehead atoms. The lowest BCUT2D eigenvalue weighted by Crippen LogP contribution is -2.47. The first kappa shape index (κ1) is 20.9. The Morgan fingerprint density at radius 1 is 1.22 bits per heavy atom. The number of aryl methyl sites for hydroxylation is 3. The Bertz CT molecular complexity index is 817. The standard InChI is InChI=1S/C20H27N3O3S/c1-6-7-11-17-21-14(4)18(27-17)20(25)23-22-19(24)15(5)26-16-10-8-9-12(2)13(16)3/h8-10,15H,6-7,11H2,1-5H3,(H,22,24)(H,23,25). The fourth-order valence-electron chi connectivity index (χ4n) is 2.47. The Morgan fingerprint density at radius 2 is 1.96 bits per heavy atom. The first-order valence-electron chi connectivity index (χ1n) is 9.12. The molecule has 0 radical (unpaired) electrons. The summed E-state index contributed by atoms with van der Waals surface area (Å²) in [6.45, 7) is 9.49. The average molecular weight is 390 g/mol. The smallest absolute Gasteiger partial charge is 0.281 e. The molecule has 146 valence electrons. The molecule has 0 aliphatic rings. The second-order valence-corrected chi connectivity index (χ2v) is 7.61. The summed E-state index contributed by atoms with van der Waals surface area (Å²) in [4.78, 5) is 29.5. The van der Waals surface area contributed by atoms with E-state index in [0.29, 0.717) is 16.3 Å². The number of hydrazine groups is 1. The number of hydrogen-bond donors (Lipinski definition) is 2. The summed E-state index contributed by atoms with van der Waals surface area (Å²) in [5, 5.41) is 0.942. The summed E-state index contributed by atoms with van der Waals surface area (Å²) in [5.74, 6) is -0.125. The number of rotatable bonds is 7. The molecule has 0 spiro atoms. The molecule has 1 heterocycles. The number of nitrogens with zero attached hydrogens (tertiary/aromatic N) is 1. The molecule has 0 saturated carbocycles. The first-order valence-corrected chi connectivity index (χ1v) is 9.94. The third-order valence-corrected chi connectivity index (χ3v) is 5.53. The second kappa shape index (κ2) is 9.50. The molecule has 0 fully saturated rings. The van der Waals surface area contributed by atoms with Crippen molar-refractivity contribution in [1.29, 1.82) is 0 Å². The topological polar surface area (TPSA) is 80.3 Å². The maximum absolute atomic E-state index is 12.3. The van der Waals surface area contributed by atoms with Crippen molar-refractivity contribution in [1.82, 2.24) is 15.8 Å². The minimum atomic E-state index is -0.742. The molecule has 27 heavy (non-hydrogen) atoms. The van der Waals surface area contributed by atoms with Crippen molar-refractivity contribution in [2.75, 3.05) is 0 Å². The summed E-state index contributed by atoms with van der Waals surface area (Å²) in [6.07, 6.45) is 2.24. The lowest BCUT2D eigenvalue weighted by molar-refractivity contribution is -0.128. The number of amides is 2. The zero-order valence-corrected chi connectivity index (χ0v) is 17.3. The zero-order chi connectivity index (χ0) is 20.0. The molecule has 0 aliphatic heterocycles. The van der Waals surface area contributed by atoms with Crippen LogP contribution in [0.1, 0.15) is 58.2 Å². The Kier molecular flexibility index (Phi) is 7.36. The van der Waals surface area contributed by atoms with Gasteiger partial charge in [0.2, 0.25) is 0 Å². The third-order valence-electron chi connectivity index (χ3n) is 4.32. The van der Waals surface area contributed by atoms with Crippen LogP contribution in [0.2, 0.25) is 0 Å². The van der Waals surface area contributed by atoms with Crippen LogP contribution < -0.4 is 15.6 Å². The van der Waals surface area contributed by atoms with E-state index in [-0.39, 0.29) is 5.91 Å². The van der Waals surface area contributed by atoms with Gasteiger partial charge in [0.1, 0.15) is 10.6 Å². The Balaban J connectivity index is 1.91. The van der Waals surface area contributed by atoms with E-state index in [1.165, 1.54) is 11.3 Å². The maximum Gasteiger partial charge on any atom is 0.281 e. The van der Waals surface area contributed by atoms with Crippen LogP contribution in [0, 0.1) is 20.8 Å². The Morgan fingerprint density at radius 3 is 2.67 bits per heavy atom. The molecule has 6 nitrogen and oxygen atoms in total. The van der Waals surface area contributed by atoms with Gasteiger partial charge in [-0.15, -0.1) is 11.3 Å². The van der Waals surface area contributed by atoms with E-state index in [0.717, 1.165) is 35.4 Å². The number of thiazole rings is 1. The molecular formula is C20H27N3O3S. The number of carbonyl (C=O) groups is 2. The van der Waals surface area contributed by atoms with Gasteiger partial charge >= 0.3 is 0 Å². The summed E-state index contributed by atoms with van der Waals surface area (Å²) in [7, 11) is 0. The van der Waals surface area contributed by atoms with Crippen molar-refractivity contribution in [3.63, 3.8) is 0 Å². The number of ether oxygens (including phenoxy) is 1. The fraction of sp³-hybridized carbons (Fsp3) is 0.450. The molecule has 7 heteroatoms. The molecule has 1 atom stereocenters. The van der Waals surface area contributed by atoms with Crippen LogP contribution in [0.5, 0.6) is 5.75 Å². The van der Waals surface area contributed by atoms with Crippen molar-refractivity contribution in [3.8, 4) is 5.75 Å². The summed E-state index contributed by atoms with van der Waals surface area (Å²) < 4.78 is 5.72. The van der Waals surface area contributed by atoms with Gasteiger partial charge in [-0.05, 0) is 57.7 Å². The molecule has 1 aromatic heterocycles. The first-order chi connectivity index (χ1) is 12.8. The number of unbranched alkanes of at least 4 members (excludes halogenated alkanes) is 1. The third kappa shape index (κ3) is 5.53. The molecule has 1 unspecified atom stereocenters. The number of benzene rings is 1. The highest BCUT2D eigenvalue weighted by Crippen LogP contribution is 2.22. The van der Waals surface area contributed by atoms with Crippen molar-refractivity contribution in [2.24, 2.45) is 0 Å². The monoisotopic (exact) mass is 389 g/mol. The average Bonchev–Trinajstić information content (AvgIpc) is 3.02. The zero-order valence-electron chi connectivity index (χ0n) is 16.5. The van der Waals surface area contributed by atoms with E-state index >= 15 is 0 Å².